The molecule has 2 aliphatic carbocycles. The van der Waals surface area contributed by atoms with Crippen molar-refractivity contribution in [2.45, 2.75) is 37.6 Å². The number of amides is 1. The Morgan fingerprint density at radius 1 is 1.38 bits per heavy atom. The van der Waals surface area contributed by atoms with Crippen LogP contribution in [0.15, 0.2) is 18.2 Å². The molecular formula is C18H19ClFN3O. The van der Waals surface area contributed by atoms with Crippen molar-refractivity contribution in [1.29, 1.82) is 0 Å². The van der Waals surface area contributed by atoms with E-state index in [4.69, 9.17) is 17.3 Å². The summed E-state index contributed by atoms with van der Waals surface area (Å²) in [4.78, 5) is 12.8. The molecular weight excluding hydrogens is 329 g/mol. The van der Waals surface area contributed by atoms with Crippen LogP contribution in [-0.2, 0) is 13.5 Å². The number of benzene rings is 1. The maximum Gasteiger partial charge on any atom is 0.272 e. The maximum atomic E-state index is 13.3. The van der Waals surface area contributed by atoms with Crippen molar-refractivity contribution in [3.05, 3.63) is 51.6 Å². The van der Waals surface area contributed by atoms with Gasteiger partial charge in [0.15, 0.2) is 0 Å². The summed E-state index contributed by atoms with van der Waals surface area (Å²) in [6.45, 7) is 0. The Hall–Kier alpha value is -1.85. The first kappa shape index (κ1) is 15.7. The van der Waals surface area contributed by atoms with Crippen LogP contribution in [0.25, 0.3) is 0 Å². The van der Waals surface area contributed by atoms with Gasteiger partial charge < -0.3 is 15.6 Å². The highest BCUT2D eigenvalue weighted by molar-refractivity contribution is 6.31. The minimum absolute atomic E-state index is 0.00870. The van der Waals surface area contributed by atoms with E-state index >= 15 is 0 Å². The monoisotopic (exact) mass is 347 g/mol. The molecule has 126 valence electrons. The summed E-state index contributed by atoms with van der Waals surface area (Å²) < 4.78 is 15.3. The number of carbonyl (C=O) groups is 1. The molecule has 1 aromatic carbocycles. The third-order valence-electron chi connectivity index (χ3n) is 5.02. The Morgan fingerprint density at radius 2 is 2.12 bits per heavy atom. The molecule has 2 aliphatic rings. The van der Waals surface area contributed by atoms with Crippen molar-refractivity contribution in [2.24, 2.45) is 12.8 Å². The molecule has 0 spiro atoms. The zero-order chi connectivity index (χ0) is 17.0. The predicted octanol–water partition coefficient (Wildman–Crippen LogP) is 3.89. The fourth-order valence-corrected chi connectivity index (χ4v) is 3.98. The standard InChI is InChI=1S/C18H19ClFN3O/c1-23-16(9-2-3-9)15-11(5-7-14(15)21)17(23)18(24)22-10-4-6-13(20)12(19)8-10/h4,6,8-9,14H,2-3,5,7,21H2,1H3,(H,22,24)/t14-/m0/s1. The van der Waals surface area contributed by atoms with E-state index in [0.717, 1.165) is 31.2 Å². The summed E-state index contributed by atoms with van der Waals surface area (Å²) >= 11 is 5.79. The number of hydrogen-bond donors (Lipinski definition) is 2. The Labute approximate surface area is 144 Å². The van der Waals surface area contributed by atoms with Crippen LogP contribution in [0.4, 0.5) is 10.1 Å². The molecule has 0 saturated heterocycles. The molecule has 1 amide bonds. The van der Waals surface area contributed by atoms with Gasteiger partial charge in [-0.1, -0.05) is 11.6 Å². The zero-order valence-corrected chi connectivity index (χ0v) is 14.2. The van der Waals surface area contributed by atoms with E-state index in [-0.39, 0.29) is 17.0 Å². The van der Waals surface area contributed by atoms with Crippen molar-refractivity contribution in [2.75, 3.05) is 5.32 Å². The topological polar surface area (TPSA) is 60.0 Å². The van der Waals surface area contributed by atoms with Crippen molar-refractivity contribution in [3.8, 4) is 0 Å². The molecule has 1 fully saturated rings. The molecule has 0 aliphatic heterocycles. The molecule has 0 radical (unpaired) electrons. The van der Waals surface area contributed by atoms with Crippen molar-refractivity contribution in [1.82, 2.24) is 4.57 Å². The highest BCUT2D eigenvalue weighted by Crippen LogP contribution is 2.48. The minimum atomic E-state index is -0.503. The van der Waals surface area contributed by atoms with Crippen molar-refractivity contribution >= 4 is 23.2 Å². The van der Waals surface area contributed by atoms with Crippen LogP contribution in [0.5, 0.6) is 0 Å². The van der Waals surface area contributed by atoms with E-state index in [0.29, 0.717) is 17.3 Å². The van der Waals surface area contributed by atoms with Gasteiger partial charge in [-0.15, -0.1) is 0 Å². The summed E-state index contributed by atoms with van der Waals surface area (Å²) in [5, 5.41) is 2.82. The summed E-state index contributed by atoms with van der Waals surface area (Å²) in [5.41, 5.74) is 10.9. The van der Waals surface area contributed by atoms with Gasteiger partial charge in [0, 0.05) is 24.5 Å². The number of nitrogens with zero attached hydrogens (tertiary/aromatic N) is 1. The first-order valence-corrected chi connectivity index (χ1v) is 8.58. The van der Waals surface area contributed by atoms with Gasteiger partial charge in [0.1, 0.15) is 11.5 Å². The van der Waals surface area contributed by atoms with Crippen LogP contribution in [-0.4, -0.2) is 10.5 Å². The third kappa shape index (κ3) is 2.43. The van der Waals surface area contributed by atoms with Gasteiger partial charge in [0.25, 0.3) is 5.91 Å². The molecule has 0 bridgehead atoms. The average molecular weight is 348 g/mol. The Balaban J connectivity index is 1.71. The molecule has 1 aromatic heterocycles. The Morgan fingerprint density at radius 3 is 2.79 bits per heavy atom. The van der Waals surface area contributed by atoms with E-state index in [1.165, 1.54) is 29.5 Å². The average Bonchev–Trinajstić information content (AvgIpc) is 3.24. The smallest absolute Gasteiger partial charge is 0.272 e. The molecule has 2 aromatic rings. The van der Waals surface area contributed by atoms with Crippen molar-refractivity contribution < 1.29 is 9.18 Å². The van der Waals surface area contributed by atoms with Crippen LogP contribution in [0.2, 0.25) is 5.02 Å². The van der Waals surface area contributed by atoms with Gasteiger partial charge in [-0.25, -0.2) is 4.39 Å². The van der Waals surface area contributed by atoms with Crippen LogP contribution in [0.1, 0.15) is 58.5 Å². The second kappa shape index (κ2) is 5.60. The van der Waals surface area contributed by atoms with E-state index in [9.17, 15) is 9.18 Å². The number of hydrogen-bond acceptors (Lipinski definition) is 2. The number of anilines is 1. The number of aromatic nitrogens is 1. The van der Waals surface area contributed by atoms with Gasteiger partial charge in [-0.2, -0.15) is 0 Å². The third-order valence-corrected chi connectivity index (χ3v) is 5.31. The number of halogens is 2. The first-order valence-electron chi connectivity index (χ1n) is 8.20. The maximum absolute atomic E-state index is 13.3. The van der Waals surface area contributed by atoms with Crippen LogP contribution >= 0.6 is 11.6 Å². The van der Waals surface area contributed by atoms with Gasteiger partial charge in [0.05, 0.1) is 5.02 Å². The number of rotatable bonds is 3. The number of carbonyl (C=O) groups excluding carboxylic acids is 1. The Kier molecular flexibility index (Phi) is 3.66. The summed E-state index contributed by atoms with van der Waals surface area (Å²) in [5.74, 6) is -0.177. The molecule has 4 rings (SSSR count). The highest BCUT2D eigenvalue weighted by atomic mass is 35.5. The molecule has 1 saturated carbocycles. The molecule has 1 atom stereocenters. The summed E-state index contributed by atoms with van der Waals surface area (Å²) in [6, 6.07) is 4.20. The number of fused-ring (bicyclic) bond motifs is 1. The lowest BCUT2D eigenvalue weighted by Gasteiger charge is -2.12. The van der Waals surface area contributed by atoms with E-state index in [1.807, 2.05) is 11.6 Å². The second-order valence-corrected chi connectivity index (χ2v) is 7.09. The second-order valence-electron chi connectivity index (χ2n) is 6.69. The van der Waals surface area contributed by atoms with Crippen LogP contribution in [0.3, 0.4) is 0 Å². The van der Waals surface area contributed by atoms with Gasteiger partial charge >= 0.3 is 0 Å². The Bertz CT molecular complexity index is 841. The van der Waals surface area contributed by atoms with Crippen LogP contribution in [0, 0.1) is 5.82 Å². The summed E-state index contributed by atoms with van der Waals surface area (Å²) in [7, 11) is 1.94. The van der Waals surface area contributed by atoms with Crippen molar-refractivity contribution in [3.63, 3.8) is 0 Å². The molecule has 24 heavy (non-hydrogen) atoms. The first-order chi connectivity index (χ1) is 11.5. The predicted molar refractivity (Wildman–Crippen MR) is 92.0 cm³/mol. The largest absolute Gasteiger partial charge is 0.343 e. The molecule has 1 heterocycles. The fourth-order valence-electron chi connectivity index (χ4n) is 3.80. The minimum Gasteiger partial charge on any atom is -0.343 e. The highest BCUT2D eigenvalue weighted by Gasteiger charge is 2.38. The summed E-state index contributed by atoms with van der Waals surface area (Å²) in [6.07, 6.45) is 4.02. The van der Waals surface area contributed by atoms with Gasteiger partial charge in [-0.05, 0) is 60.9 Å². The van der Waals surface area contributed by atoms with E-state index < -0.39 is 5.82 Å². The lowest BCUT2D eigenvalue weighted by atomic mass is 10.1. The quantitative estimate of drug-likeness (QED) is 0.884. The lowest BCUT2D eigenvalue weighted by molar-refractivity contribution is 0.101. The molecule has 4 nitrogen and oxygen atoms in total. The number of nitrogens with two attached hydrogens (primary N) is 1. The van der Waals surface area contributed by atoms with Gasteiger partial charge in [0.2, 0.25) is 0 Å². The lowest BCUT2D eigenvalue weighted by Crippen LogP contribution is -2.18. The van der Waals surface area contributed by atoms with E-state index in [2.05, 4.69) is 5.32 Å². The molecule has 0 unspecified atom stereocenters. The van der Waals surface area contributed by atoms with Crippen LogP contribution < -0.4 is 11.1 Å². The number of nitrogens with one attached hydrogen (secondary N) is 1. The SMILES string of the molecule is Cn1c(C(=O)Nc2ccc(F)c(Cl)c2)c2c(c1C1CC1)[C@@H](N)CC2. The zero-order valence-electron chi connectivity index (χ0n) is 13.4. The molecule has 3 N–H and O–H groups in total. The van der Waals surface area contributed by atoms with Gasteiger partial charge in [-0.3, -0.25) is 4.79 Å². The fraction of sp³-hybridized carbons (Fsp3) is 0.389. The normalized spacial score (nSPS) is 19.4. The van der Waals surface area contributed by atoms with E-state index in [1.54, 1.807) is 0 Å². The molecule has 6 heteroatoms.